The molecule has 1 aromatic rings. The molecule has 1 saturated heterocycles. The van der Waals surface area contributed by atoms with E-state index in [1.165, 1.54) is 6.08 Å². The Balaban J connectivity index is 1.80. The van der Waals surface area contributed by atoms with Crippen molar-refractivity contribution in [1.82, 2.24) is 4.90 Å². The average Bonchev–Trinajstić information content (AvgIpc) is 2.97. The van der Waals surface area contributed by atoms with Crippen molar-refractivity contribution in [2.24, 2.45) is 5.92 Å². The number of phenols is 1. The monoisotopic (exact) mass is 297 g/mol. The molecule has 6 atom stereocenters. The van der Waals surface area contributed by atoms with E-state index in [0.717, 1.165) is 11.1 Å². The molecule has 22 heavy (non-hydrogen) atoms. The molecule has 2 fully saturated rings. The molecule has 1 saturated carbocycles. The van der Waals surface area contributed by atoms with Gasteiger partial charge in [0, 0.05) is 17.5 Å². The van der Waals surface area contributed by atoms with Gasteiger partial charge in [0.05, 0.1) is 11.0 Å². The van der Waals surface area contributed by atoms with Crippen molar-refractivity contribution >= 4 is 5.78 Å². The number of benzene rings is 1. The van der Waals surface area contributed by atoms with Crippen molar-refractivity contribution in [3.63, 3.8) is 0 Å². The fraction of sp³-hybridized carbons (Fsp3) is 0.471. The SMILES string of the molecule is CN1C2c3ccc(O)c4c3[C@]35C2C1(C)C3(O)C=CC(=O)[C@@H]5O4. The van der Waals surface area contributed by atoms with E-state index in [1.807, 2.05) is 13.1 Å². The van der Waals surface area contributed by atoms with Crippen molar-refractivity contribution in [2.45, 2.75) is 35.6 Å². The maximum atomic E-state index is 12.4. The van der Waals surface area contributed by atoms with Gasteiger partial charge in [0.15, 0.2) is 23.4 Å². The topological polar surface area (TPSA) is 70.0 Å². The summed E-state index contributed by atoms with van der Waals surface area (Å²) >= 11 is 0. The van der Waals surface area contributed by atoms with Gasteiger partial charge in [-0.15, -0.1) is 0 Å². The second-order valence-corrected chi connectivity index (χ2v) is 7.43. The van der Waals surface area contributed by atoms with E-state index in [2.05, 4.69) is 11.8 Å². The summed E-state index contributed by atoms with van der Waals surface area (Å²) in [6.07, 6.45) is 2.38. The van der Waals surface area contributed by atoms with Crippen LogP contribution in [-0.4, -0.2) is 45.2 Å². The standard InChI is InChI=1S/C17H15NO4/c1-15-13-11(18(15)2)7-3-4-8(19)12-10(7)17(13)14(22-12)9(20)5-6-16(15,17)21/h3-6,11,13-14,19,21H,1-2H3/t11?,13?,14-,15?,16?,17+/m0/s1. The number of nitrogens with zero attached hydrogens (tertiary/aromatic N) is 1. The number of rotatable bonds is 0. The van der Waals surface area contributed by atoms with Gasteiger partial charge in [0.25, 0.3) is 0 Å². The normalized spacial score (nSPS) is 51.8. The zero-order chi connectivity index (χ0) is 15.2. The van der Waals surface area contributed by atoms with Gasteiger partial charge in [0.1, 0.15) is 5.60 Å². The predicted molar refractivity (Wildman–Crippen MR) is 75.7 cm³/mol. The molecule has 4 unspecified atom stereocenters. The molecular formula is C17H15NO4. The first-order chi connectivity index (χ1) is 10.4. The molecular weight excluding hydrogens is 282 g/mol. The van der Waals surface area contributed by atoms with E-state index in [0.29, 0.717) is 5.75 Å². The van der Waals surface area contributed by atoms with Gasteiger partial charge < -0.3 is 14.9 Å². The lowest BCUT2D eigenvalue weighted by molar-refractivity contribution is -0.343. The largest absolute Gasteiger partial charge is 0.504 e. The van der Waals surface area contributed by atoms with Crippen molar-refractivity contribution < 1.29 is 19.7 Å². The van der Waals surface area contributed by atoms with Crippen LogP contribution in [0.15, 0.2) is 24.3 Å². The second kappa shape index (κ2) is 2.72. The fourth-order valence-electron chi connectivity index (χ4n) is 6.43. The fourth-order valence-corrected chi connectivity index (χ4v) is 6.43. The van der Waals surface area contributed by atoms with Gasteiger partial charge in [-0.05, 0) is 37.8 Å². The Bertz CT molecular complexity index is 847. The Morgan fingerprint density at radius 1 is 1.36 bits per heavy atom. The maximum absolute atomic E-state index is 12.4. The summed E-state index contributed by atoms with van der Waals surface area (Å²) in [5.41, 5.74) is -0.325. The Labute approximate surface area is 126 Å². The lowest BCUT2D eigenvalue weighted by Gasteiger charge is -2.80. The van der Waals surface area contributed by atoms with Crippen molar-refractivity contribution in [2.75, 3.05) is 7.05 Å². The lowest BCUT2D eigenvalue weighted by atomic mass is 9.33. The summed E-state index contributed by atoms with van der Waals surface area (Å²) in [7, 11) is 2.02. The molecule has 0 amide bonds. The number of ether oxygens (including phenoxy) is 1. The maximum Gasteiger partial charge on any atom is 0.197 e. The second-order valence-electron chi connectivity index (χ2n) is 7.43. The van der Waals surface area contributed by atoms with Crippen molar-refractivity contribution in [1.29, 1.82) is 0 Å². The van der Waals surface area contributed by atoms with E-state index in [9.17, 15) is 15.0 Å². The molecule has 1 spiro atoms. The highest BCUT2D eigenvalue weighted by molar-refractivity contribution is 6.00. The third-order valence-electron chi connectivity index (χ3n) is 7.26. The third-order valence-corrected chi connectivity index (χ3v) is 7.26. The highest BCUT2D eigenvalue weighted by Gasteiger charge is 2.94. The van der Waals surface area contributed by atoms with Gasteiger partial charge in [-0.3, -0.25) is 9.69 Å². The highest BCUT2D eigenvalue weighted by atomic mass is 16.5. The van der Waals surface area contributed by atoms with Gasteiger partial charge in [-0.2, -0.15) is 0 Å². The van der Waals surface area contributed by atoms with E-state index in [1.54, 1.807) is 12.1 Å². The van der Waals surface area contributed by atoms with Crippen LogP contribution in [0.3, 0.4) is 0 Å². The smallest absolute Gasteiger partial charge is 0.197 e. The molecule has 5 heteroatoms. The first kappa shape index (κ1) is 11.7. The number of carbonyl (C=O) groups is 1. The minimum Gasteiger partial charge on any atom is -0.504 e. The molecule has 3 aliphatic carbocycles. The number of likely N-dealkylation sites (tertiary alicyclic amines) is 1. The Kier molecular flexibility index (Phi) is 1.44. The highest BCUT2D eigenvalue weighted by Crippen LogP contribution is 2.84. The van der Waals surface area contributed by atoms with E-state index in [-0.39, 0.29) is 23.5 Å². The minimum atomic E-state index is -1.14. The predicted octanol–water partition coefficient (Wildman–Crippen LogP) is 0.650. The van der Waals surface area contributed by atoms with Crippen molar-refractivity contribution in [3.05, 3.63) is 35.4 Å². The first-order valence-electron chi connectivity index (χ1n) is 7.62. The van der Waals surface area contributed by atoms with Crippen LogP contribution in [0.2, 0.25) is 0 Å². The number of hydrogen-bond acceptors (Lipinski definition) is 5. The summed E-state index contributed by atoms with van der Waals surface area (Å²) < 4.78 is 5.87. The van der Waals surface area contributed by atoms with Crippen LogP contribution in [0.5, 0.6) is 11.5 Å². The van der Waals surface area contributed by atoms with E-state index < -0.39 is 22.7 Å². The molecule has 0 bridgehead atoms. The molecule has 5 nitrogen and oxygen atoms in total. The number of hydrogen-bond donors (Lipinski definition) is 2. The first-order valence-corrected chi connectivity index (χ1v) is 7.62. The third kappa shape index (κ3) is 0.672. The number of phenolic OH excluding ortho intramolecular Hbond substituents is 1. The molecule has 1 aromatic carbocycles. The number of piperidine rings is 1. The van der Waals surface area contributed by atoms with E-state index >= 15 is 0 Å². The molecule has 6 rings (SSSR count). The van der Waals surface area contributed by atoms with Crippen molar-refractivity contribution in [3.8, 4) is 11.5 Å². The van der Waals surface area contributed by atoms with Gasteiger partial charge >= 0.3 is 0 Å². The van der Waals surface area contributed by atoms with Crippen LogP contribution in [0.1, 0.15) is 24.1 Å². The Morgan fingerprint density at radius 2 is 2.14 bits per heavy atom. The lowest BCUT2D eigenvalue weighted by Crippen LogP contribution is -2.94. The van der Waals surface area contributed by atoms with Crippen LogP contribution >= 0.6 is 0 Å². The van der Waals surface area contributed by atoms with Gasteiger partial charge in [-0.1, -0.05) is 6.07 Å². The molecule has 0 aromatic heterocycles. The molecule has 2 aliphatic heterocycles. The van der Waals surface area contributed by atoms with Crippen LogP contribution < -0.4 is 4.74 Å². The number of fused-ring (bicyclic) bond motifs is 2. The summed E-state index contributed by atoms with van der Waals surface area (Å²) in [5, 5.41) is 21.7. The summed E-state index contributed by atoms with van der Waals surface area (Å²) in [6, 6.07) is 3.73. The molecule has 112 valence electrons. The van der Waals surface area contributed by atoms with E-state index in [4.69, 9.17) is 4.74 Å². The Morgan fingerprint density at radius 3 is 2.91 bits per heavy atom. The van der Waals surface area contributed by atoms with Crippen LogP contribution in [0.25, 0.3) is 0 Å². The van der Waals surface area contributed by atoms with Gasteiger partial charge in [0.2, 0.25) is 0 Å². The number of aliphatic hydroxyl groups is 1. The average molecular weight is 297 g/mol. The quantitative estimate of drug-likeness (QED) is 0.736. The molecule has 2 N–H and O–H groups in total. The molecule has 5 aliphatic rings. The summed E-state index contributed by atoms with van der Waals surface area (Å²) in [5.74, 6) is 0.466. The number of ketones is 1. The zero-order valence-corrected chi connectivity index (χ0v) is 12.2. The number of likely N-dealkylation sites (N-methyl/N-ethyl adjacent to an activating group) is 1. The summed E-state index contributed by atoms with van der Waals surface area (Å²) in [6.45, 7) is 2.06. The number of carbonyl (C=O) groups excluding carboxylic acids is 1. The molecule has 2 heterocycles. The van der Waals surface area contributed by atoms with Crippen LogP contribution in [-0.2, 0) is 10.2 Å². The number of aromatic hydroxyl groups is 1. The molecule has 0 radical (unpaired) electrons. The Hall–Kier alpha value is -1.85. The summed E-state index contributed by atoms with van der Waals surface area (Å²) in [4.78, 5) is 14.6. The van der Waals surface area contributed by atoms with Gasteiger partial charge in [-0.25, -0.2) is 0 Å². The zero-order valence-electron chi connectivity index (χ0n) is 12.2. The van der Waals surface area contributed by atoms with Crippen LogP contribution in [0, 0.1) is 5.92 Å². The van der Waals surface area contributed by atoms with Crippen LogP contribution in [0.4, 0.5) is 0 Å². The minimum absolute atomic E-state index is 0.0511.